The molecule has 1 aliphatic rings. The lowest BCUT2D eigenvalue weighted by molar-refractivity contribution is 0.131. The van der Waals surface area contributed by atoms with E-state index in [0.29, 0.717) is 23.1 Å². The van der Waals surface area contributed by atoms with E-state index in [4.69, 9.17) is 9.47 Å². The third-order valence-electron chi connectivity index (χ3n) is 3.15. The van der Waals surface area contributed by atoms with E-state index in [1.807, 2.05) is 0 Å². The van der Waals surface area contributed by atoms with Gasteiger partial charge in [-0.05, 0) is 12.1 Å². The lowest BCUT2D eigenvalue weighted by atomic mass is 10.2. The summed E-state index contributed by atoms with van der Waals surface area (Å²) in [6, 6.07) is 4.77. The van der Waals surface area contributed by atoms with Gasteiger partial charge in [-0.3, -0.25) is 0 Å². The fourth-order valence-corrected chi connectivity index (χ4v) is 3.19. The summed E-state index contributed by atoms with van der Waals surface area (Å²) in [5, 5.41) is -3.88. The Hall–Kier alpha value is -1.67. The number of halogens is 2. The molecule has 0 amide bonds. The van der Waals surface area contributed by atoms with Gasteiger partial charge < -0.3 is 9.47 Å². The lowest BCUT2D eigenvalue weighted by Gasteiger charge is -2.28. The highest BCUT2D eigenvalue weighted by atomic mass is 32.2. The Kier molecular flexibility index (Phi) is 4.20. The minimum atomic E-state index is -4.71. The number of hydrogen-bond donors (Lipinski definition) is 0. The van der Waals surface area contributed by atoms with E-state index in [1.165, 1.54) is 14.2 Å². The fraction of sp³-hybridized carbons (Fsp3) is 0.385. The summed E-state index contributed by atoms with van der Waals surface area (Å²) in [5.74, 6) is 0.907. The number of rotatable bonds is 4. The van der Waals surface area contributed by atoms with Crippen LogP contribution in [0.2, 0.25) is 0 Å². The predicted molar refractivity (Wildman–Crippen MR) is 73.0 cm³/mol. The number of hydrogen-bond acceptors (Lipinski definition) is 4. The summed E-state index contributed by atoms with van der Waals surface area (Å²) in [5.41, 5.74) is 0.480. The van der Waals surface area contributed by atoms with Crippen LogP contribution in [0.25, 0.3) is 0 Å². The number of ether oxygens (including phenoxy) is 2. The molecule has 0 atom stereocenters. The van der Waals surface area contributed by atoms with E-state index in [0.717, 1.165) is 10.4 Å². The van der Waals surface area contributed by atoms with E-state index in [-0.39, 0.29) is 13.1 Å². The second-order valence-electron chi connectivity index (χ2n) is 4.44. The van der Waals surface area contributed by atoms with Gasteiger partial charge in [-0.15, -0.1) is 0 Å². The van der Waals surface area contributed by atoms with Crippen LogP contribution >= 0.6 is 0 Å². The molecule has 0 saturated carbocycles. The van der Waals surface area contributed by atoms with Gasteiger partial charge in [0.05, 0.1) is 14.2 Å². The van der Waals surface area contributed by atoms with Gasteiger partial charge in [0.1, 0.15) is 11.5 Å². The highest BCUT2D eigenvalue weighted by Crippen LogP contribution is 2.33. The first-order valence-electron chi connectivity index (χ1n) is 6.08. The number of nitrogens with zero attached hydrogens (tertiary/aromatic N) is 1. The van der Waals surface area contributed by atoms with Crippen molar-refractivity contribution in [3.05, 3.63) is 35.9 Å². The molecule has 1 aromatic carbocycles. The molecule has 0 bridgehead atoms. The Labute approximate surface area is 121 Å². The van der Waals surface area contributed by atoms with Crippen LogP contribution in [0, 0.1) is 0 Å². The molecule has 0 aromatic heterocycles. The molecule has 0 radical (unpaired) electrons. The van der Waals surface area contributed by atoms with E-state index in [9.17, 15) is 17.2 Å². The molecule has 0 aliphatic carbocycles. The highest BCUT2D eigenvalue weighted by molar-refractivity contribution is 7.90. The molecular formula is C13H15F2NO4S. The van der Waals surface area contributed by atoms with E-state index in [1.54, 1.807) is 18.2 Å². The molecule has 1 heterocycles. The summed E-state index contributed by atoms with van der Waals surface area (Å²) in [6.07, 6.45) is 1.54. The van der Waals surface area contributed by atoms with Crippen LogP contribution < -0.4 is 9.47 Å². The molecule has 21 heavy (non-hydrogen) atoms. The molecule has 0 saturated heterocycles. The van der Waals surface area contributed by atoms with Crippen LogP contribution in [0.1, 0.15) is 5.56 Å². The Morgan fingerprint density at radius 3 is 2.62 bits per heavy atom. The largest absolute Gasteiger partial charge is 0.497 e. The fourth-order valence-electron chi connectivity index (χ4n) is 1.99. The zero-order valence-corrected chi connectivity index (χ0v) is 12.4. The van der Waals surface area contributed by atoms with Crippen LogP contribution in [-0.4, -0.2) is 38.7 Å². The van der Waals surface area contributed by atoms with Gasteiger partial charge in [0.2, 0.25) is 0 Å². The first-order valence-corrected chi connectivity index (χ1v) is 7.52. The zero-order chi connectivity index (χ0) is 15.7. The van der Waals surface area contributed by atoms with Crippen molar-refractivity contribution in [2.24, 2.45) is 0 Å². The first kappa shape index (κ1) is 15.7. The van der Waals surface area contributed by atoms with Crippen molar-refractivity contribution >= 4 is 10.0 Å². The summed E-state index contributed by atoms with van der Waals surface area (Å²) in [7, 11) is -1.82. The second-order valence-corrected chi connectivity index (χ2v) is 6.45. The minimum Gasteiger partial charge on any atom is -0.497 e. The molecule has 0 N–H and O–H groups in total. The maximum absolute atomic E-state index is 13.5. The van der Waals surface area contributed by atoms with Crippen LogP contribution in [0.5, 0.6) is 11.5 Å². The average molecular weight is 319 g/mol. The standard InChI is InChI=1S/C13H15F2NO4S/c1-19-11-5-4-10(12(8-11)20-2)9-16-7-3-6-13(14,15)21(16,17)18/h3-6,8H,7,9H2,1-2H3. The SMILES string of the molecule is COc1ccc(CN2CC=CC(F)(F)S2(=O)=O)c(OC)c1. The molecule has 8 heteroatoms. The van der Waals surface area contributed by atoms with Gasteiger partial charge in [0.15, 0.2) is 0 Å². The van der Waals surface area contributed by atoms with Crippen molar-refractivity contribution in [1.29, 1.82) is 0 Å². The van der Waals surface area contributed by atoms with Gasteiger partial charge in [-0.25, -0.2) is 8.42 Å². The predicted octanol–water partition coefficient (Wildman–Crippen LogP) is 2.00. The average Bonchev–Trinajstić information content (AvgIpc) is 2.44. The van der Waals surface area contributed by atoms with Crippen LogP contribution in [0.15, 0.2) is 30.4 Å². The maximum Gasteiger partial charge on any atom is 0.377 e. The van der Waals surface area contributed by atoms with Gasteiger partial charge in [0.25, 0.3) is 10.0 Å². The summed E-state index contributed by atoms with van der Waals surface area (Å²) in [4.78, 5) is 0. The van der Waals surface area contributed by atoms with Crippen molar-refractivity contribution in [1.82, 2.24) is 4.31 Å². The quantitative estimate of drug-likeness (QED) is 0.797. The third kappa shape index (κ3) is 2.86. The van der Waals surface area contributed by atoms with Crippen molar-refractivity contribution in [2.45, 2.75) is 11.8 Å². The Bertz CT molecular complexity index is 658. The highest BCUT2D eigenvalue weighted by Gasteiger charge is 2.48. The molecular weight excluding hydrogens is 304 g/mol. The van der Waals surface area contributed by atoms with Crippen molar-refractivity contribution in [3.8, 4) is 11.5 Å². The van der Waals surface area contributed by atoms with Gasteiger partial charge in [-0.2, -0.15) is 13.1 Å². The Morgan fingerprint density at radius 2 is 2.00 bits per heavy atom. The van der Waals surface area contributed by atoms with Crippen molar-refractivity contribution in [2.75, 3.05) is 20.8 Å². The van der Waals surface area contributed by atoms with Crippen LogP contribution in [0.3, 0.4) is 0 Å². The minimum absolute atomic E-state index is 0.104. The van der Waals surface area contributed by atoms with E-state index >= 15 is 0 Å². The molecule has 5 nitrogen and oxygen atoms in total. The lowest BCUT2D eigenvalue weighted by Crippen LogP contribution is -2.44. The number of sulfonamides is 1. The van der Waals surface area contributed by atoms with E-state index < -0.39 is 15.3 Å². The van der Waals surface area contributed by atoms with E-state index in [2.05, 4.69) is 0 Å². The second kappa shape index (κ2) is 5.61. The summed E-state index contributed by atoms with van der Waals surface area (Å²) < 4.78 is 61.5. The molecule has 1 aromatic rings. The van der Waals surface area contributed by atoms with Gasteiger partial charge >= 0.3 is 5.25 Å². The molecule has 0 unspecified atom stereocenters. The first-order chi connectivity index (χ1) is 9.81. The third-order valence-corrected chi connectivity index (χ3v) is 4.93. The number of methoxy groups -OCH3 is 2. The van der Waals surface area contributed by atoms with Crippen LogP contribution in [0.4, 0.5) is 8.78 Å². The topological polar surface area (TPSA) is 55.8 Å². The molecule has 0 fully saturated rings. The van der Waals surface area contributed by atoms with Gasteiger partial charge in [-0.1, -0.05) is 12.1 Å². The molecule has 1 aliphatic heterocycles. The maximum atomic E-state index is 13.5. The molecule has 116 valence electrons. The van der Waals surface area contributed by atoms with Gasteiger partial charge in [0, 0.05) is 24.7 Å². The summed E-state index contributed by atoms with van der Waals surface area (Å²) in [6.45, 7) is -0.303. The Balaban J connectivity index is 2.33. The monoisotopic (exact) mass is 319 g/mol. The molecule has 2 rings (SSSR count). The summed E-state index contributed by atoms with van der Waals surface area (Å²) >= 11 is 0. The number of alkyl halides is 2. The van der Waals surface area contributed by atoms with Crippen LogP contribution in [-0.2, 0) is 16.6 Å². The number of benzene rings is 1. The smallest absolute Gasteiger partial charge is 0.377 e. The van der Waals surface area contributed by atoms with Crippen molar-refractivity contribution < 1.29 is 26.7 Å². The molecule has 0 spiro atoms. The zero-order valence-electron chi connectivity index (χ0n) is 11.5. The van der Waals surface area contributed by atoms with Crippen molar-refractivity contribution in [3.63, 3.8) is 0 Å². The normalized spacial score (nSPS) is 20.2. The Morgan fingerprint density at radius 1 is 1.29 bits per heavy atom.